The van der Waals surface area contributed by atoms with Crippen molar-refractivity contribution < 1.29 is 9.31 Å². The fraction of sp³-hybridized carbons (Fsp3) is 0.421. The minimum absolute atomic E-state index is 0.327. The number of rotatable bonds is 1. The first kappa shape index (κ1) is 15.7. The molecule has 0 saturated carbocycles. The topological polar surface area (TPSA) is 36.3 Å². The molecule has 1 fully saturated rings. The summed E-state index contributed by atoms with van der Waals surface area (Å²) >= 11 is 0. The molecule has 1 saturated heterocycles. The summed E-state index contributed by atoms with van der Waals surface area (Å²) in [4.78, 5) is 4.45. The second-order valence-corrected chi connectivity index (χ2v) is 7.77. The van der Waals surface area contributed by atoms with Gasteiger partial charge in [-0.15, -0.1) is 0 Å². The third kappa shape index (κ3) is 2.11. The molecule has 0 atom stereocenters. The first-order valence-electron chi connectivity index (χ1n) is 8.40. The Morgan fingerprint density at radius 3 is 2.25 bits per heavy atom. The van der Waals surface area contributed by atoms with Gasteiger partial charge in [0.15, 0.2) is 0 Å². The Labute approximate surface area is 142 Å². The molecule has 3 heterocycles. The molecule has 0 aliphatic carbocycles. The molecule has 0 N–H and O–H groups in total. The maximum atomic E-state index is 6.19. The Morgan fingerprint density at radius 2 is 1.58 bits per heavy atom. The van der Waals surface area contributed by atoms with Gasteiger partial charge in [-0.25, -0.2) is 0 Å². The van der Waals surface area contributed by atoms with Crippen LogP contribution in [0, 0.1) is 6.92 Å². The molecular formula is C19H23BN2O2. The van der Waals surface area contributed by atoms with E-state index in [1.807, 2.05) is 13.1 Å². The number of nitrogens with zero attached hydrogens (tertiary/aromatic N) is 2. The largest absolute Gasteiger partial charge is 0.494 e. The lowest BCUT2D eigenvalue weighted by Gasteiger charge is -2.32. The molecule has 1 aromatic carbocycles. The summed E-state index contributed by atoms with van der Waals surface area (Å²) in [6, 6.07) is 8.55. The van der Waals surface area contributed by atoms with Gasteiger partial charge in [0.1, 0.15) is 0 Å². The second-order valence-electron chi connectivity index (χ2n) is 7.77. The van der Waals surface area contributed by atoms with E-state index in [1.165, 1.54) is 21.8 Å². The van der Waals surface area contributed by atoms with Crippen molar-refractivity contribution in [3.05, 3.63) is 36.2 Å². The smallest absolute Gasteiger partial charge is 0.399 e. The second kappa shape index (κ2) is 4.84. The van der Waals surface area contributed by atoms with E-state index in [-0.39, 0.29) is 18.3 Å². The first-order chi connectivity index (χ1) is 11.2. The maximum absolute atomic E-state index is 6.19. The lowest BCUT2D eigenvalue weighted by atomic mass is 9.79. The molecule has 0 spiro atoms. The third-order valence-electron chi connectivity index (χ3n) is 5.58. The summed E-state index contributed by atoms with van der Waals surface area (Å²) in [6.45, 7) is 10.3. The van der Waals surface area contributed by atoms with Crippen LogP contribution in [-0.4, -0.2) is 27.9 Å². The zero-order chi connectivity index (χ0) is 17.3. The van der Waals surface area contributed by atoms with Crippen molar-refractivity contribution in [3.8, 4) is 0 Å². The quantitative estimate of drug-likeness (QED) is 0.645. The van der Waals surface area contributed by atoms with Crippen LogP contribution in [-0.2, 0) is 16.4 Å². The fourth-order valence-electron chi connectivity index (χ4n) is 3.34. The van der Waals surface area contributed by atoms with Crippen molar-refractivity contribution in [1.82, 2.24) is 9.55 Å². The SMILES string of the molecule is Cc1cc2c(cn1)c1ccc(B3OC(C)(C)C(C)(C)O3)cc1n2C. The molecule has 24 heavy (non-hydrogen) atoms. The average Bonchev–Trinajstić information content (AvgIpc) is 2.90. The van der Waals surface area contributed by atoms with Gasteiger partial charge in [0.2, 0.25) is 0 Å². The van der Waals surface area contributed by atoms with Crippen LogP contribution in [0.5, 0.6) is 0 Å². The molecule has 0 radical (unpaired) electrons. The van der Waals surface area contributed by atoms with Gasteiger partial charge in [-0.1, -0.05) is 12.1 Å². The van der Waals surface area contributed by atoms with E-state index in [2.05, 4.69) is 68.6 Å². The minimum Gasteiger partial charge on any atom is -0.399 e. The van der Waals surface area contributed by atoms with Gasteiger partial charge in [-0.3, -0.25) is 4.98 Å². The number of benzene rings is 1. The summed E-state index contributed by atoms with van der Waals surface area (Å²) in [6.07, 6.45) is 1.96. The molecular weight excluding hydrogens is 299 g/mol. The molecule has 1 aliphatic rings. The lowest BCUT2D eigenvalue weighted by Crippen LogP contribution is -2.41. The number of pyridine rings is 1. The highest BCUT2D eigenvalue weighted by Crippen LogP contribution is 2.37. The Bertz CT molecular complexity index is 943. The van der Waals surface area contributed by atoms with Crippen molar-refractivity contribution in [2.24, 2.45) is 7.05 Å². The molecule has 4 rings (SSSR count). The van der Waals surface area contributed by atoms with Gasteiger partial charge >= 0.3 is 7.12 Å². The number of hydrogen-bond acceptors (Lipinski definition) is 3. The van der Waals surface area contributed by atoms with Crippen LogP contribution in [0.1, 0.15) is 33.4 Å². The Balaban J connectivity index is 1.85. The van der Waals surface area contributed by atoms with Gasteiger partial charge in [0, 0.05) is 35.2 Å². The zero-order valence-electron chi connectivity index (χ0n) is 15.2. The Kier molecular flexibility index (Phi) is 3.16. The summed E-state index contributed by atoms with van der Waals surface area (Å²) in [5.41, 5.74) is 3.80. The van der Waals surface area contributed by atoms with Crippen LogP contribution in [0.25, 0.3) is 21.8 Å². The van der Waals surface area contributed by atoms with Crippen molar-refractivity contribution in [1.29, 1.82) is 0 Å². The fourth-order valence-corrected chi connectivity index (χ4v) is 3.34. The average molecular weight is 322 g/mol. The van der Waals surface area contributed by atoms with Gasteiger partial charge in [0.05, 0.1) is 16.7 Å². The molecule has 0 unspecified atom stereocenters. The monoisotopic (exact) mass is 322 g/mol. The highest BCUT2D eigenvalue weighted by molar-refractivity contribution is 6.62. The van der Waals surface area contributed by atoms with E-state index in [9.17, 15) is 0 Å². The number of fused-ring (bicyclic) bond motifs is 3. The maximum Gasteiger partial charge on any atom is 0.494 e. The van der Waals surface area contributed by atoms with E-state index < -0.39 is 0 Å². The van der Waals surface area contributed by atoms with E-state index in [0.717, 1.165) is 11.2 Å². The van der Waals surface area contributed by atoms with E-state index in [4.69, 9.17) is 9.31 Å². The predicted octanol–water partition coefficient (Wildman–Crippen LogP) is 3.33. The highest BCUT2D eigenvalue weighted by atomic mass is 16.7. The first-order valence-corrected chi connectivity index (χ1v) is 8.40. The van der Waals surface area contributed by atoms with Gasteiger partial charge in [0.25, 0.3) is 0 Å². The highest BCUT2D eigenvalue weighted by Gasteiger charge is 2.51. The van der Waals surface area contributed by atoms with Gasteiger partial charge < -0.3 is 13.9 Å². The Hall–Kier alpha value is -1.85. The standard InChI is InChI=1S/C19H23BN2O2/c1-12-9-16-15(11-21-12)14-8-7-13(10-17(14)22(16)6)20-23-18(2,3)19(4,5)24-20/h7-11H,1-6H3. The van der Waals surface area contributed by atoms with Crippen molar-refractivity contribution in [2.45, 2.75) is 45.8 Å². The van der Waals surface area contributed by atoms with Crippen LogP contribution < -0.4 is 5.46 Å². The van der Waals surface area contributed by atoms with Gasteiger partial charge in [-0.2, -0.15) is 0 Å². The summed E-state index contributed by atoms with van der Waals surface area (Å²) in [5.74, 6) is 0. The zero-order valence-corrected chi connectivity index (χ0v) is 15.2. The molecule has 3 aromatic rings. The number of aromatic nitrogens is 2. The lowest BCUT2D eigenvalue weighted by molar-refractivity contribution is 0.00578. The van der Waals surface area contributed by atoms with Crippen LogP contribution in [0.3, 0.4) is 0 Å². The molecule has 1 aliphatic heterocycles. The van der Waals surface area contributed by atoms with Crippen molar-refractivity contribution in [3.63, 3.8) is 0 Å². The third-order valence-corrected chi connectivity index (χ3v) is 5.58. The van der Waals surface area contributed by atoms with Crippen molar-refractivity contribution in [2.75, 3.05) is 0 Å². The molecule has 0 amide bonds. The molecule has 5 heteroatoms. The minimum atomic E-state index is -0.336. The van der Waals surface area contributed by atoms with Crippen LogP contribution in [0.4, 0.5) is 0 Å². The van der Waals surface area contributed by atoms with E-state index in [0.29, 0.717) is 0 Å². The molecule has 0 bridgehead atoms. The summed E-state index contributed by atoms with van der Waals surface area (Å²) in [7, 11) is 1.76. The number of aryl methyl sites for hydroxylation is 2. The molecule has 124 valence electrons. The molecule has 2 aromatic heterocycles. The number of hydrogen-bond donors (Lipinski definition) is 0. The normalized spacial score (nSPS) is 19.5. The van der Waals surface area contributed by atoms with Crippen LogP contribution >= 0.6 is 0 Å². The summed E-state index contributed by atoms with van der Waals surface area (Å²) in [5, 5.41) is 2.39. The predicted molar refractivity (Wildman–Crippen MR) is 98.7 cm³/mol. The van der Waals surface area contributed by atoms with Gasteiger partial charge in [-0.05, 0) is 52.2 Å². The van der Waals surface area contributed by atoms with E-state index >= 15 is 0 Å². The van der Waals surface area contributed by atoms with Crippen LogP contribution in [0.2, 0.25) is 0 Å². The molecule has 4 nitrogen and oxygen atoms in total. The summed E-state index contributed by atoms with van der Waals surface area (Å²) < 4.78 is 14.6. The van der Waals surface area contributed by atoms with Crippen LogP contribution in [0.15, 0.2) is 30.5 Å². The van der Waals surface area contributed by atoms with E-state index in [1.54, 1.807) is 0 Å². The Morgan fingerprint density at radius 1 is 0.958 bits per heavy atom. The van der Waals surface area contributed by atoms with Crippen molar-refractivity contribution >= 4 is 34.4 Å².